The molecular weight excluding hydrogens is 258 g/mol. The molecule has 2 heterocycles. The van der Waals surface area contributed by atoms with Crippen molar-refractivity contribution in [2.24, 2.45) is 5.92 Å². The van der Waals surface area contributed by atoms with Crippen LogP contribution in [0.3, 0.4) is 0 Å². The Morgan fingerprint density at radius 3 is 2.95 bits per heavy atom. The quantitative estimate of drug-likeness (QED) is 0.902. The summed E-state index contributed by atoms with van der Waals surface area (Å²) in [5.41, 5.74) is 1.98. The summed E-state index contributed by atoms with van der Waals surface area (Å²) in [4.78, 5) is 16.4. The van der Waals surface area contributed by atoms with E-state index >= 15 is 0 Å². The van der Waals surface area contributed by atoms with Crippen LogP contribution < -0.4 is 10.6 Å². The molecule has 0 spiro atoms. The molecule has 98 valence electrons. The molecule has 0 aliphatic carbocycles. The molecule has 1 saturated heterocycles. The molecule has 1 aromatic heterocycles. The molecular formula is C14H15N3OS. The van der Waals surface area contributed by atoms with E-state index in [4.69, 9.17) is 0 Å². The van der Waals surface area contributed by atoms with Crippen LogP contribution in [0, 0.1) is 5.92 Å². The molecule has 0 bridgehead atoms. The van der Waals surface area contributed by atoms with Gasteiger partial charge in [0, 0.05) is 17.5 Å². The Morgan fingerprint density at radius 1 is 1.37 bits per heavy atom. The van der Waals surface area contributed by atoms with Crippen molar-refractivity contribution in [3.8, 4) is 11.3 Å². The molecule has 1 amide bonds. The topological polar surface area (TPSA) is 54.0 Å². The summed E-state index contributed by atoms with van der Waals surface area (Å²) >= 11 is 1.47. The van der Waals surface area contributed by atoms with Crippen LogP contribution in [0.25, 0.3) is 11.3 Å². The van der Waals surface area contributed by atoms with Crippen LogP contribution in [0.1, 0.15) is 6.42 Å². The number of rotatable bonds is 3. The van der Waals surface area contributed by atoms with Gasteiger partial charge in [0.2, 0.25) is 5.91 Å². The van der Waals surface area contributed by atoms with Gasteiger partial charge >= 0.3 is 0 Å². The summed E-state index contributed by atoms with van der Waals surface area (Å²) in [5.74, 6) is 0.142. The third-order valence-electron chi connectivity index (χ3n) is 3.23. The number of carbonyl (C=O) groups is 1. The highest BCUT2D eigenvalue weighted by atomic mass is 32.1. The first-order chi connectivity index (χ1) is 9.33. The molecule has 2 N–H and O–H groups in total. The highest BCUT2D eigenvalue weighted by Crippen LogP contribution is 2.25. The van der Waals surface area contributed by atoms with E-state index in [1.54, 1.807) is 0 Å². The molecule has 3 rings (SSSR count). The standard InChI is InChI=1S/C14H15N3OS/c18-13(11-6-7-15-8-11)17-14-16-12(9-19-14)10-4-2-1-3-5-10/h1-5,9,11,15H,6-8H2,(H,16,17,18). The van der Waals surface area contributed by atoms with Gasteiger partial charge in [0.15, 0.2) is 5.13 Å². The second-order valence-electron chi connectivity index (χ2n) is 4.58. The minimum absolute atomic E-state index is 0.0685. The van der Waals surface area contributed by atoms with E-state index < -0.39 is 0 Å². The van der Waals surface area contributed by atoms with E-state index in [-0.39, 0.29) is 11.8 Å². The predicted molar refractivity (Wildman–Crippen MR) is 77.2 cm³/mol. The molecule has 0 saturated carbocycles. The van der Waals surface area contributed by atoms with Crippen molar-refractivity contribution in [2.75, 3.05) is 18.4 Å². The Hall–Kier alpha value is -1.72. The maximum absolute atomic E-state index is 12.0. The van der Waals surface area contributed by atoms with E-state index in [1.807, 2.05) is 35.7 Å². The van der Waals surface area contributed by atoms with Crippen molar-refractivity contribution in [2.45, 2.75) is 6.42 Å². The third-order valence-corrected chi connectivity index (χ3v) is 3.99. The van der Waals surface area contributed by atoms with Crippen molar-refractivity contribution >= 4 is 22.4 Å². The summed E-state index contributed by atoms with van der Waals surface area (Å²) in [6.07, 6.45) is 0.906. The van der Waals surface area contributed by atoms with Gasteiger partial charge in [-0.3, -0.25) is 4.79 Å². The largest absolute Gasteiger partial charge is 0.316 e. The van der Waals surface area contributed by atoms with E-state index in [1.165, 1.54) is 11.3 Å². The molecule has 0 radical (unpaired) electrons. The number of amides is 1. The fraction of sp³-hybridized carbons (Fsp3) is 0.286. The average molecular weight is 273 g/mol. The lowest BCUT2D eigenvalue weighted by atomic mass is 10.1. The molecule has 1 aliphatic rings. The number of anilines is 1. The van der Waals surface area contributed by atoms with Crippen molar-refractivity contribution in [1.29, 1.82) is 0 Å². The monoisotopic (exact) mass is 273 g/mol. The molecule has 4 nitrogen and oxygen atoms in total. The van der Waals surface area contributed by atoms with Crippen molar-refractivity contribution in [3.63, 3.8) is 0 Å². The highest BCUT2D eigenvalue weighted by Gasteiger charge is 2.23. The number of thiazole rings is 1. The van der Waals surface area contributed by atoms with Gasteiger partial charge in [0.05, 0.1) is 11.6 Å². The Kier molecular flexibility index (Phi) is 3.57. The van der Waals surface area contributed by atoms with Crippen LogP contribution in [0.5, 0.6) is 0 Å². The Balaban J connectivity index is 1.70. The number of hydrogen-bond acceptors (Lipinski definition) is 4. The SMILES string of the molecule is O=C(Nc1nc(-c2ccccc2)cs1)C1CCNC1. The van der Waals surface area contributed by atoms with Crippen molar-refractivity contribution < 1.29 is 4.79 Å². The molecule has 5 heteroatoms. The van der Waals surface area contributed by atoms with Gasteiger partial charge in [-0.15, -0.1) is 11.3 Å². The number of nitrogens with zero attached hydrogens (tertiary/aromatic N) is 1. The van der Waals surface area contributed by atoms with Gasteiger partial charge in [0.25, 0.3) is 0 Å². The first-order valence-electron chi connectivity index (χ1n) is 6.35. The lowest BCUT2D eigenvalue weighted by Crippen LogP contribution is -2.24. The molecule has 2 aromatic rings. The summed E-state index contributed by atoms with van der Waals surface area (Å²) < 4.78 is 0. The summed E-state index contributed by atoms with van der Waals surface area (Å²) in [5, 5.41) is 8.74. The Morgan fingerprint density at radius 2 is 2.21 bits per heavy atom. The van der Waals surface area contributed by atoms with E-state index in [0.717, 1.165) is 30.8 Å². The Bertz CT molecular complexity index is 561. The van der Waals surface area contributed by atoms with Gasteiger partial charge in [0.1, 0.15) is 0 Å². The zero-order chi connectivity index (χ0) is 13.1. The van der Waals surface area contributed by atoms with E-state index in [0.29, 0.717) is 5.13 Å². The van der Waals surface area contributed by atoms with Crippen LogP contribution in [-0.2, 0) is 4.79 Å². The first kappa shape index (κ1) is 12.3. The number of aromatic nitrogens is 1. The molecule has 1 fully saturated rings. The Labute approximate surface area is 115 Å². The highest BCUT2D eigenvalue weighted by molar-refractivity contribution is 7.14. The first-order valence-corrected chi connectivity index (χ1v) is 7.23. The van der Waals surface area contributed by atoms with Crippen LogP contribution in [-0.4, -0.2) is 24.0 Å². The molecule has 1 aliphatic heterocycles. The zero-order valence-corrected chi connectivity index (χ0v) is 11.2. The molecule has 1 aromatic carbocycles. The fourth-order valence-electron chi connectivity index (χ4n) is 2.16. The normalized spacial score (nSPS) is 18.4. The van der Waals surface area contributed by atoms with Crippen molar-refractivity contribution in [1.82, 2.24) is 10.3 Å². The second-order valence-corrected chi connectivity index (χ2v) is 5.44. The number of benzene rings is 1. The second kappa shape index (κ2) is 5.50. The molecule has 1 unspecified atom stereocenters. The number of hydrogen-bond donors (Lipinski definition) is 2. The predicted octanol–water partition coefficient (Wildman–Crippen LogP) is 2.36. The maximum atomic E-state index is 12.0. The van der Waals surface area contributed by atoms with Crippen molar-refractivity contribution in [3.05, 3.63) is 35.7 Å². The lowest BCUT2D eigenvalue weighted by Gasteiger charge is -2.06. The minimum Gasteiger partial charge on any atom is -0.316 e. The van der Waals surface area contributed by atoms with E-state index in [2.05, 4.69) is 15.6 Å². The molecule has 1 atom stereocenters. The van der Waals surface area contributed by atoms with E-state index in [9.17, 15) is 4.79 Å². The fourth-order valence-corrected chi connectivity index (χ4v) is 2.88. The van der Waals surface area contributed by atoms with Crippen LogP contribution in [0.2, 0.25) is 0 Å². The van der Waals surface area contributed by atoms with Gasteiger partial charge in [-0.25, -0.2) is 4.98 Å². The smallest absolute Gasteiger partial charge is 0.230 e. The number of carbonyl (C=O) groups excluding carboxylic acids is 1. The third kappa shape index (κ3) is 2.83. The van der Waals surface area contributed by atoms with Gasteiger partial charge in [-0.2, -0.15) is 0 Å². The average Bonchev–Trinajstić information content (AvgIpc) is 3.11. The van der Waals surface area contributed by atoms with Crippen LogP contribution in [0.4, 0.5) is 5.13 Å². The summed E-state index contributed by atoms with van der Waals surface area (Å²) in [6, 6.07) is 9.98. The minimum atomic E-state index is 0.0685. The molecule has 19 heavy (non-hydrogen) atoms. The zero-order valence-electron chi connectivity index (χ0n) is 10.4. The van der Waals surface area contributed by atoms with Gasteiger partial charge < -0.3 is 10.6 Å². The maximum Gasteiger partial charge on any atom is 0.230 e. The van der Waals surface area contributed by atoms with Gasteiger partial charge in [-0.05, 0) is 13.0 Å². The lowest BCUT2D eigenvalue weighted by molar-refractivity contribution is -0.119. The van der Waals surface area contributed by atoms with Crippen LogP contribution in [0.15, 0.2) is 35.7 Å². The van der Waals surface area contributed by atoms with Gasteiger partial charge in [-0.1, -0.05) is 30.3 Å². The summed E-state index contributed by atoms with van der Waals surface area (Å²) in [6.45, 7) is 1.69. The van der Waals surface area contributed by atoms with Crippen LogP contribution >= 0.6 is 11.3 Å². The summed E-state index contributed by atoms with van der Waals surface area (Å²) in [7, 11) is 0. The number of nitrogens with one attached hydrogen (secondary N) is 2.